The number of benzene rings is 2. The van der Waals surface area contributed by atoms with Crippen LogP contribution in [0, 0.1) is 0 Å². The van der Waals surface area contributed by atoms with E-state index in [1.807, 2.05) is 18.2 Å². The second-order valence-corrected chi connectivity index (χ2v) is 9.82. The number of aryl methyl sites for hydroxylation is 2. The largest absolute Gasteiger partial charge is 0.505 e. The van der Waals surface area contributed by atoms with Gasteiger partial charge < -0.3 is 31.9 Å². The first-order valence-corrected chi connectivity index (χ1v) is 13.7. The van der Waals surface area contributed by atoms with Gasteiger partial charge in [0.2, 0.25) is 0 Å². The predicted octanol–water partition coefficient (Wildman–Crippen LogP) is 2.37. The number of rotatable bonds is 7. The minimum Gasteiger partial charge on any atom is -0.505 e. The van der Waals surface area contributed by atoms with Crippen LogP contribution in [0.2, 0.25) is 0 Å². The Balaban J connectivity index is 0.000000515. The Morgan fingerprint density at radius 1 is 1.10 bits per heavy atom. The van der Waals surface area contributed by atoms with Gasteiger partial charge in [0.25, 0.3) is 0 Å². The van der Waals surface area contributed by atoms with Gasteiger partial charge in [0.05, 0.1) is 30.3 Å². The maximum Gasteiger partial charge on any atom is 0.345 e. The van der Waals surface area contributed by atoms with E-state index in [9.17, 15) is 14.7 Å². The molecule has 1 amide bonds. The van der Waals surface area contributed by atoms with Crippen molar-refractivity contribution in [1.29, 1.82) is 0 Å². The molecular weight excluding hydrogens is 548 g/mol. The highest BCUT2D eigenvalue weighted by atomic mass is 32.1. The van der Waals surface area contributed by atoms with Gasteiger partial charge in [0, 0.05) is 18.7 Å². The third kappa shape index (κ3) is 7.74. The van der Waals surface area contributed by atoms with E-state index in [0.717, 1.165) is 30.6 Å². The molecule has 2 aromatic carbocycles. The molecule has 9 N–H and O–H groups in total. The van der Waals surface area contributed by atoms with Crippen LogP contribution < -0.4 is 21.9 Å². The van der Waals surface area contributed by atoms with Crippen LogP contribution >= 0.6 is 11.3 Å². The first-order chi connectivity index (χ1) is 19.7. The number of amides is 1. The van der Waals surface area contributed by atoms with Gasteiger partial charge in [-0.3, -0.25) is 10.2 Å². The fraction of sp³-hybridized carbons (Fsp3) is 0.286. The van der Waals surface area contributed by atoms with Crippen molar-refractivity contribution in [2.24, 2.45) is 21.7 Å². The number of hydrogen-bond donors (Lipinski definition) is 7. The molecule has 2 heterocycles. The number of hydrazone groups is 2. The number of nitrogens with one attached hydrogen (secondary N) is 1. The zero-order chi connectivity index (χ0) is 29.9. The Bertz CT molecular complexity index is 1430. The van der Waals surface area contributed by atoms with Gasteiger partial charge >= 0.3 is 11.9 Å². The van der Waals surface area contributed by atoms with Gasteiger partial charge in [-0.05, 0) is 72.5 Å². The van der Waals surface area contributed by atoms with Crippen LogP contribution in [0.5, 0.6) is 5.75 Å². The smallest absolute Gasteiger partial charge is 0.345 e. The van der Waals surface area contributed by atoms with Crippen LogP contribution in [0.25, 0.3) is 11.1 Å². The topological polar surface area (TPSA) is 207 Å². The standard InChI is InChI=1S/C24H20N4O4S.2C2H7NO/c1-13-21(23(30)28(27-13)17-9-8-14-4-2-5-15(14)10-17)26-25-19-7-3-6-18(22(19)29)16-11-20(24(31)32)33-12-16;2*3-1-2-4/h3,6-12,25,29H,2,4-5H2,1H3,(H,31,32);2*4H,1-3H2/b26-21-;;. The highest BCUT2D eigenvalue weighted by molar-refractivity contribution is 7.12. The molecule has 0 fully saturated rings. The maximum atomic E-state index is 13.0. The zero-order valence-corrected chi connectivity index (χ0v) is 23.4. The van der Waals surface area contributed by atoms with Crippen molar-refractivity contribution in [1.82, 2.24) is 0 Å². The molecule has 0 atom stereocenters. The lowest BCUT2D eigenvalue weighted by Gasteiger charge is -2.13. The Morgan fingerprint density at radius 3 is 2.41 bits per heavy atom. The molecule has 2 aliphatic rings. The molecule has 0 unspecified atom stereocenters. The second kappa shape index (κ2) is 15.0. The number of phenols is 1. The van der Waals surface area contributed by atoms with Crippen LogP contribution in [0.4, 0.5) is 11.4 Å². The Kier molecular flexibility index (Phi) is 11.5. The van der Waals surface area contributed by atoms with Crippen LogP contribution in [-0.2, 0) is 17.6 Å². The van der Waals surface area contributed by atoms with E-state index < -0.39 is 5.97 Å². The number of aromatic hydroxyl groups is 1. The van der Waals surface area contributed by atoms with E-state index in [1.54, 1.807) is 30.5 Å². The van der Waals surface area contributed by atoms with Crippen molar-refractivity contribution >= 4 is 46.0 Å². The molecule has 0 spiro atoms. The number of carbonyl (C=O) groups is 2. The molecule has 1 aromatic heterocycles. The molecule has 0 radical (unpaired) electrons. The summed E-state index contributed by atoms with van der Waals surface area (Å²) in [5.41, 5.74) is 17.6. The van der Waals surface area contributed by atoms with E-state index >= 15 is 0 Å². The Morgan fingerprint density at radius 2 is 1.78 bits per heavy atom. The number of phenolic OH excluding ortho intramolecular Hbond substituents is 1. The molecule has 218 valence electrons. The SMILES string of the molecule is CC1=NN(c2ccc3c(c2)CCC3)C(=O)/C1=N\Nc1cccc(-c2csc(C(=O)O)c2)c1O.NCCO.NCCO. The Hall–Kier alpha value is -4.14. The van der Waals surface area contributed by atoms with Gasteiger partial charge in [-0.2, -0.15) is 15.2 Å². The summed E-state index contributed by atoms with van der Waals surface area (Å²) >= 11 is 1.08. The molecule has 0 saturated heterocycles. The lowest BCUT2D eigenvalue weighted by molar-refractivity contribution is -0.112. The third-order valence-electron chi connectivity index (χ3n) is 6.02. The van der Waals surface area contributed by atoms with Crippen LogP contribution in [-0.4, -0.2) is 70.0 Å². The number of aliphatic hydroxyl groups is 2. The normalized spacial score (nSPS) is 14.6. The predicted molar refractivity (Wildman–Crippen MR) is 161 cm³/mol. The molecule has 41 heavy (non-hydrogen) atoms. The summed E-state index contributed by atoms with van der Waals surface area (Å²) in [6.45, 7) is 2.65. The summed E-state index contributed by atoms with van der Waals surface area (Å²) in [5, 5.41) is 47.0. The summed E-state index contributed by atoms with van der Waals surface area (Å²) in [4.78, 5) is 24.3. The second-order valence-electron chi connectivity index (χ2n) is 8.91. The van der Waals surface area contributed by atoms with Crippen molar-refractivity contribution in [3.05, 3.63) is 63.8 Å². The van der Waals surface area contributed by atoms with Gasteiger partial charge in [0.15, 0.2) is 5.71 Å². The average molecular weight is 583 g/mol. The van der Waals surface area contributed by atoms with Crippen LogP contribution in [0.1, 0.15) is 34.1 Å². The number of aliphatic hydroxyl groups excluding tert-OH is 2. The number of carboxylic acids is 1. The minimum atomic E-state index is -1.02. The van der Waals surface area contributed by atoms with E-state index in [0.29, 0.717) is 41.3 Å². The molecule has 3 aromatic rings. The fourth-order valence-electron chi connectivity index (χ4n) is 4.06. The van der Waals surface area contributed by atoms with E-state index in [1.165, 1.54) is 22.2 Å². The Labute approximate surface area is 241 Å². The molecule has 13 heteroatoms. The quantitative estimate of drug-likeness (QED) is 0.161. The number of carboxylic acid groups (broad SMARTS) is 1. The number of anilines is 2. The van der Waals surface area contributed by atoms with Crippen LogP contribution in [0.3, 0.4) is 0 Å². The van der Waals surface area contributed by atoms with E-state index in [2.05, 4.69) is 15.6 Å². The van der Waals surface area contributed by atoms with Gasteiger partial charge in [-0.15, -0.1) is 11.3 Å². The summed E-state index contributed by atoms with van der Waals surface area (Å²) < 4.78 is 0. The monoisotopic (exact) mass is 582 g/mol. The molecule has 1 aliphatic heterocycles. The number of nitrogens with two attached hydrogens (primary N) is 2. The number of carbonyl (C=O) groups excluding carboxylic acids is 1. The molecule has 1 aliphatic carbocycles. The maximum absolute atomic E-state index is 13.0. The first kappa shape index (κ1) is 31.4. The molecule has 0 bridgehead atoms. The summed E-state index contributed by atoms with van der Waals surface area (Å²) in [7, 11) is 0. The number of thiophene rings is 1. The van der Waals surface area contributed by atoms with Crippen molar-refractivity contribution in [2.45, 2.75) is 26.2 Å². The van der Waals surface area contributed by atoms with Crippen molar-refractivity contribution in [2.75, 3.05) is 36.7 Å². The lowest BCUT2D eigenvalue weighted by Crippen LogP contribution is -2.28. The first-order valence-electron chi connectivity index (χ1n) is 12.9. The lowest BCUT2D eigenvalue weighted by atomic mass is 10.1. The highest BCUT2D eigenvalue weighted by Gasteiger charge is 2.31. The van der Waals surface area contributed by atoms with Gasteiger partial charge in [-0.1, -0.05) is 18.2 Å². The third-order valence-corrected chi connectivity index (χ3v) is 6.94. The minimum absolute atomic E-state index is 0.0906. The zero-order valence-electron chi connectivity index (χ0n) is 22.6. The number of aromatic carboxylic acids is 1. The van der Waals surface area contributed by atoms with Crippen molar-refractivity contribution < 1.29 is 30.0 Å². The average Bonchev–Trinajstić information content (AvgIpc) is 3.72. The number of nitrogens with zero attached hydrogens (tertiary/aromatic N) is 3. The number of hydrogen-bond acceptors (Lipinski definition) is 11. The fourth-order valence-corrected chi connectivity index (χ4v) is 4.81. The number of fused-ring (bicyclic) bond motifs is 1. The van der Waals surface area contributed by atoms with Gasteiger partial charge in [0.1, 0.15) is 10.6 Å². The molecule has 12 nitrogen and oxygen atoms in total. The van der Waals surface area contributed by atoms with Crippen molar-refractivity contribution in [3.8, 4) is 16.9 Å². The van der Waals surface area contributed by atoms with E-state index in [-0.39, 0.29) is 35.5 Å². The molecule has 5 rings (SSSR count). The molecule has 0 saturated carbocycles. The molecular formula is C28H34N6O6S. The number of para-hydroxylation sites is 1. The highest BCUT2D eigenvalue weighted by Crippen LogP contribution is 2.37. The summed E-state index contributed by atoms with van der Waals surface area (Å²) in [6, 6.07) is 12.5. The van der Waals surface area contributed by atoms with E-state index in [4.69, 9.17) is 26.8 Å². The summed E-state index contributed by atoms with van der Waals surface area (Å²) in [6.07, 6.45) is 3.19. The van der Waals surface area contributed by atoms with Crippen molar-refractivity contribution in [3.63, 3.8) is 0 Å². The summed E-state index contributed by atoms with van der Waals surface area (Å²) in [5.74, 6) is -1.46. The van der Waals surface area contributed by atoms with Crippen LogP contribution in [0.15, 0.2) is 58.0 Å². The van der Waals surface area contributed by atoms with Gasteiger partial charge in [-0.25, -0.2) is 4.79 Å².